The van der Waals surface area contributed by atoms with E-state index in [1.165, 1.54) is 0 Å². The first-order chi connectivity index (χ1) is 10.7. The summed E-state index contributed by atoms with van der Waals surface area (Å²) in [7, 11) is 0. The van der Waals surface area contributed by atoms with Crippen LogP contribution in [0.1, 0.15) is 19.8 Å². The van der Waals surface area contributed by atoms with Gasteiger partial charge in [0, 0.05) is 30.9 Å². The molecule has 1 aliphatic rings. The van der Waals surface area contributed by atoms with Gasteiger partial charge in [0.1, 0.15) is 0 Å². The summed E-state index contributed by atoms with van der Waals surface area (Å²) >= 11 is 0.470. The number of hydrogen-bond acceptors (Lipinski definition) is 6. The number of ether oxygens (including phenoxy) is 2. The quantitative estimate of drug-likeness (QED) is 0.417. The Morgan fingerprint density at radius 2 is 1.95 bits per heavy atom. The molecule has 126 valence electrons. The average Bonchev–Trinajstić information content (AvgIpc) is 2.53. The van der Waals surface area contributed by atoms with Gasteiger partial charge < -0.3 is 25.2 Å². The molecule has 0 bridgehead atoms. The Morgan fingerprint density at radius 1 is 1.23 bits per heavy atom. The van der Waals surface area contributed by atoms with Gasteiger partial charge in [0.2, 0.25) is 0 Å². The van der Waals surface area contributed by atoms with Gasteiger partial charge in [0.15, 0.2) is 0 Å². The van der Waals surface area contributed by atoms with Crippen molar-refractivity contribution in [2.24, 2.45) is 5.73 Å². The molecule has 22 heavy (non-hydrogen) atoms. The van der Waals surface area contributed by atoms with Gasteiger partial charge in [-0.1, -0.05) is 6.92 Å². The van der Waals surface area contributed by atoms with E-state index in [2.05, 4.69) is 11.8 Å². The minimum Gasteiger partial charge on any atom is -0.398 e. The fourth-order valence-corrected chi connectivity index (χ4v) is 2.50. The van der Waals surface area contributed by atoms with Gasteiger partial charge in [-0.2, -0.15) is 0 Å². The van der Waals surface area contributed by atoms with E-state index < -0.39 is 0 Å². The Bertz CT molecular complexity index is 445. The first kappa shape index (κ1) is 18.9. The summed E-state index contributed by atoms with van der Waals surface area (Å²) in [5.41, 5.74) is 7.46. The molecular formula is C15H26N2O4S. The van der Waals surface area contributed by atoms with Crippen molar-refractivity contribution in [1.29, 1.82) is 0 Å². The highest BCUT2D eigenvalue weighted by atomic mass is 32.1. The van der Waals surface area contributed by atoms with Crippen LogP contribution in [0.4, 0.5) is 0 Å². The van der Waals surface area contributed by atoms with E-state index >= 15 is 0 Å². The van der Waals surface area contributed by atoms with E-state index in [0.717, 1.165) is 25.2 Å². The van der Waals surface area contributed by atoms with E-state index in [1.807, 2.05) is 6.08 Å². The second kappa shape index (κ2) is 11.4. The molecule has 1 rings (SSSR count). The lowest BCUT2D eigenvalue weighted by molar-refractivity contribution is 0.0286. The Labute approximate surface area is 135 Å². The molecule has 0 amide bonds. The second-order valence-corrected chi connectivity index (χ2v) is 5.56. The lowest BCUT2D eigenvalue weighted by Gasteiger charge is -2.28. The molecule has 0 fully saturated rings. The molecule has 0 heterocycles. The van der Waals surface area contributed by atoms with Crippen molar-refractivity contribution in [3.05, 3.63) is 23.5 Å². The fraction of sp³-hybridized carbons (Fsp3) is 0.667. The fourth-order valence-electron chi connectivity index (χ4n) is 2.13. The zero-order chi connectivity index (χ0) is 16.2. The van der Waals surface area contributed by atoms with Crippen LogP contribution in [0.2, 0.25) is 0 Å². The van der Waals surface area contributed by atoms with E-state index in [1.54, 1.807) is 6.08 Å². The van der Waals surface area contributed by atoms with Crippen LogP contribution in [0.15, 0.2) is 23.5 Å². The second-order valence-electron chi connectivity index (χ2n) is 4.90. The molecule has 0 saturated heterocycles. The zero-order valence-electron chi connectivity index (χ0n) is 13.1. The number of hydrogen-bond donors (Lipinski definition) is 2. The smallest absolute Gasteiger partial charge is 0.0946 e. The number of aliphatic hydroxyl groups excluding tert-OH is 1. The van der Waals surface area contributed by atoms with Crippen molar-refractivity contribution in [3.8, 4) is 0 Å². The van der Waals surface area contributed by atoms with Gasteiger partial charge in [-0.25, -0.2) is 4.21 Å². The van der Waals surface area contributed by atoms with E-state index in [4.69, 9.17) is 20.3 Å². The summed E-state index contributed by atoms with van der Waals surface area (Å²) in [6.07, 6.45) is 5.40. The van der Waals surface area contributed by atoms with Crippen molar-refractivity contribution in [2.75, 3.05) is 46.1 Å². The van der Waals surface area contributed by atoms with Crippen molar-refractivity contribution in [1.82, 2.24) is 4.90 Å². The van der Waals surface area contributed by atoms with E-state index in [9.17, 15) is 4.21 Å². The third-order valence-corrected chi connectivity index (χ3v) is 3.81. The first-order valence-corrected chi connectivity index (χ1v) is 8.30. The molecule has 0 aromatic carbocycles. The molecule has 0 unspecified atom stereocenters. The third-order valence-electron chi connectivity index (χ3n) is 3.23. The van der Waals surface area contributed by atoms with Crippen molar-refractivity contribution in [2.45, 2.75) is 19.8 Å². The Kier molecular flexibility index (Phi) is 9.81. The lowest BCUT2D eigenvalue weighted by atomic mass is 10.1. The highest BCUT2D eigenvalue weighted by Gasteiger charge is 2.16. The summed E-state index contributed by atoms with van der Waals surface area (Å²) in [5, 5.41) is 8.59. The molecule has 0 atom stereocenters. The molecule has 0 spiro atoms. The minimum atomic E-state index is 0.0334. The van der Waals surface area contributed by atoms with Crippen molar-refractivity contribution < 1.29 is 18.8 Å². The summed E-state index contributed by atoms with van der Waals surface area (Å²) in [4.78, 5) is 2.91. The summed E-state index contributed by atoms with van der Waals surface area (Å²) < 4.78 is 21.7. The highest BCUT2D eigenvalue weighted by Crippen LogP contribution is 2.17. The predicted octanol–water partition coefficient (Wildman–Crippen LogP) is 0.240. The van der Waals surface area contributed by atoms with Crippen LogP contribution >= 0.6 is 0 Å². The summed E-state index contributed by atoms with van der Waals surface area (Å²) in [6.45, 7) is 5.78. The predicted molar refractivity (Wildman–Crippen MR) is 88.7 cm³/mol. The summed E-state index contributed by atoms with van der Waals surface area (Å²) in [5.74, 6) is 0. The van der Waals surface area contributed by atoms with E-state index in [-0.39, 0.29) is 6.61 Å². The molecule has 6 nitrogen and oxygen atoms in total. The lowest BCUT2D eigenvalue weighted by Crippen LogP contribution is -2.31. The number of allylic oxidation sites excluding steroid dienone is 4. The molecule has 0 aromatic rings. The van der Waals surface area contributed by atoms with Crippen LogP contribution in [0.3, 0.4) is 0 Å². The maximum Gasteiger partial charge on any atom is 0.0946 e. The highest BCUT2D eigenvalue weighted by molar-refractivity contribution is 7.67. The van der Waals surface area contributed by atoms with Crippen LogP contribution < -0.4 is 5.73 Å². The van der Waals surface area contributed by atoms with Crippen LogP contribution in [-0.4, -0.2) is 65.2 Å². The zero-order valence-corrected chi connectivity index (χ0v) is 13.9. The topological polar surface area (TPSA) is 85.0 Å². The molecule has 0 saturated carbocycles. The maximum atomic E-state index is 11.1. The number of nitrogens with two attached hydrogens (primary N) is 1. The van der Waals surface area contributed by atoms with Crippen molar-refractivity contribution in [3.63, 3.8) is 0 Å². The van der Waals surface area contributed by atoms with Crippen molar-refractivity contribution >= 4 is 16.1 Å². The standard InChI is InChI=1S/C15H26N2O4S/c1-2-5-17(6-8-20-10-11-21-9-7-18)13-3-4-14(16)15(12-13)22-19/h3-4,18H,2,5-12,16H2,1H3. The average molecular weight is 330 g/mol. The van der Waals surface area contributed by atoms with Gasteiger partial charge in [0.05, 0.1) is 49.2 Å². The molecule has 3 N–H and O–H groups in total. The van der Waals surface area contributed by atoms with Crippen LogP contribution in [0.25, 0.3) is 0 Å². The van der Waals surface area contributed by atoms with Gasteiger partial charge in [-0.05, 0) is 18.6 Å². The van der Waals surface area contributed by atoms with Gasteiger partial charge in [-0.15, -0.1) is 0 Å². The number of rotatable bonds is 11. The summed E-state index contributed by atoms with van der Waals surface area (Å²) in [6, 6.07) is 0. The molecule has 0 aromatic heterocycles. The maximum absolute atomic E-state index is 11.1. The Balaban J connectivity index is 2.41. The molecule has 7 heteroatoms. The Hall–Kier alpha value is -1.15. The van der Waals surface area contributed by atoms with Crippen LogP contribution in [0, 0.1) is 0 Å². The largest absolute Gasteiger partial charge is 0.398 e. The normalized spacial score (nSPS) is 14.5. The number of nitrogens with zero attached hydrogens (tertiary/aromatic N) is 1. The molecular weight excluding hydrogens is 304 g/mol. The molecule has 0 radical (unpaired) electrons. The van der Waals surface area contributed by atoms with Gasteiger partial charge in [0.25, 0.3) is 0 Å². The third kappa shape index (κ3) is 6.74. The molecule has 1 aliphatic carbocycles. The minimum absolute atomic E-state index is 0.0334. The van der Waals surface area contributed by atoms with Crippen LogP contribution in [0.5, 0.6) is 0 Å². The SMILES string of the molecule is CCCN(CCOCCOCCO)C1=CC=C(N)C(=S=O)C1. The van der Waals surface area contributed by atoms with Gasteiger partial charge >= 0.3 is 0 Å². The first-order valence-electron chi connectivity index (χ1n) is 7.56. The number of aliphatic hydroxyl groups is 1. The van der Waals surface area contributed by atoms with E-state index in [0.29, 0.717) is 54.7 Å². The Morgan fingerprint density at radius 3 is 2.59 bits per heavy atom. The van der Waals surface area contributed by atoms with Gasteiger partial charge in [-0.3, -0.25) is 0 Å². The molecule has 0 aliphatic heterocycles. The monoisotopic (exact) mass is 330 g/mol. The van der Waals surface area contributed by atoms with Crippen LogP contribution in [-0.2, 0) is 20.7 Å².